The molecule has 0 saturated heterocycles. The molecule has 2 aromatic rings. The van der Waals surface area contributed by atoms with Crippen LogP contribution >= 0.6 is 11.6 Å². The molecule has 2 aromatic carbocycles. The molecular weight excluding hydrogens is 488 g/mol. The minimum atomic E-state index is -0.697. The molecule has 0 N–H and O–H groups in total. The lowest BCUT2D eigenvalue weighted by Crippen LogP contribution is -2.29. The van der Waals surface area contributed by atoms with Gasteiger partial charge < -0.3 is 23.7 Å². The lowest BCUT2D eigenvalue weighted by atomic mass is 9.78. The van der Waals surface area contributed by atoms with Crippen LogP contribution in [0.15, 0.2) is 48.5 Å². The zero-order chi connectivity index (χ0) is 26.7. The summed E-state index contributed by atoms with van der Waals surface area (Å²) in [5.74, 6) is 0.0638. The van der Waals surface area contributed by atoms with Crippen LogP contribution < -0.4 is 9.47 Å². The number of hydrogen-bond acceptors (Lipinski definition) is 8. The van der Waals surface area contributed by atoms with Crippen molar-refractivity contribution in [2.45, 2.75) is 52.2 Å². The first-order valence-electron chi connectivity index (χ1n) is 11.5. The van der Waals surface area contributed by atoms with Gasteiger partial charge in [-0.1, -0.05) is 38.1 Å². The smallest absolute Gasteiger partial charge is 0.303 e. The van der Waals surface area contributed by atoms with E-state index in [2.05, 4.69) is 13.8 Å². The van der Waals surface area contributed by atoms with Gasteiger partial charge in [0.1, 0.15) is 37.4 Å². The third-order valence-corrected chi connectivity index (χ3v) is 5.68. The van der Waals surface area contributed by atoms with Crippen molar-refractivity contribution in [1.29, 1.82) is 0 Å². The molecule has 0 aliphatic rings. The molecule has 0 saturated carbocycles. The maximum absolute atomic E-state index is 11.3. The molecule has 36 heavy (non-hydrogen) atoms. The van der Waals surface area contributed by atoms with Crippen LogP contribution in [0.25, 0.3) is 0 Å². The zero-order valence-corrected chi connectivity index (χ0v) is 22.0. The number of carbonyl (C=O) groups is 3. The summed E-state index contributed by atoms with van der Waals surface area (Å²) in [6, 6.07) is 15.3. The third-order valence-electron chi connectivity index (χ3n) is 5.33. The van der Waals surface area contributed by atoms with Crippen molar-refractivity contribution in [2.24, 2.45) is 0 Å². The molecule has 0 aliphatic heterocycles. The van der Waals surface area contributed by atoms with E-state index >= 15 is 0 Å². The average Bonchev–Trinajstić information content (AvgIpc) is 2.83. The Bertz CT molecular complexity index is 1000. The number of esters is 3. The van der Waals surface area contributed by atoms with Crippen LogP contribution in [0.5, 0.6) is 11.5 Å². The van der Waals surface area contributed by atoms with E-state index < -0.39 is 30.1 Å². The molecule has 0 aromatic heterocycles. The summed E-state index contributed by atoms with van der Waals surface area (Å²) in [7, 11) is 0. The molecule has 0 heterocycles. The number of alkyl halides is 1. The maximum Gasteiger partial charge on any atom is 0.303 e. The second-order valence-corrected chi connectivity index (χ2v) is 9.02. The van der Waals surface area contributed by atoms with Crippen LogP contribution in [0.2, 0.25) is 0 Å². The molecule has 0 amide bonds. The van der Waals surface area contributed by atoms with Gasteiger partial charge in [0, 0.05) is 26.2 Å². The van der Waals surface area contributed by atoms with Gasteiger partial charge in [0.2, 0.25) is 0 Å². The van der Waals surface area contributed by atoms with E-state index in [4.69, 9.17) is 35.3 Å². The van der Waals surface area contributed by atoms with Gasteiger partial charge in [0.25, 0.3) is 0 Å². The number of halogens is 1. The summed E-state index contributed by atoms with van der Waals surface area (Å²) in [5.41, 5.74) is 1.84. The minimum Gasteiger partial charge on any atom is -0.490 e. The van der Waals surface area contributed by atoms with Crippen LogP contribution in [0, 0.1) is 0 Å². The molecule has 0 bridgehead atoms. The summed E-state index contributed by atoms with van der Waals surface area (Å²) in [5, 5.41) is 0. The first kappa shape index (κ1) is 29.0. The van der Waals surface area contributed by atoms with E-state index in [1.165, 1.54) is 20.8 Å². The van der Waals surface area contributed by atoms with E-state index in [0.29, 0.717) is 11.5 Å². The maximum atomic E-state index is 11.3. The van der Waals surface area contributed by atoms with Gasteiger partial charge in [-0.3, -0.25) is 14.4 Å². The highest BCUT2D eigenvalue weighted by molar-refractivity contribution is 6.18. The number of carbonyl (C=O) groups excluding carboxylic acids is 3. The van der Waals surface area contributed by atoms with Gasteiger partial charge in [-0.05, 0) is 35.4 Å². The van der Waals surface area contributed by atoms with Crippen molar-refractivity contribution in [1.82, 2.24) is 0 Å². The molecule has 0 unspecified atom stereocenters. The predicted octanol–water partition coefficient (Wildman–Crippen LogP) is 4.44. The lowest BCUT2D eigenvalue weighted by Gasteiger charge is -2.27. The molecule has 0 fully saturated rings. The lowest BCUT2D eigenvalue weighted by molar-refractivity contribution is -0.158. The molecular formula is C27H33ClO8. The van der Waals surface area contributed by atoms with Crippen LogP contribution in [0.4, 0.5) is 0 Å². The minimum absolute atomic E-state index is 0.0547. The fourth-order valence-corrected chi connectivity index (χ4v) is 3.54. The van der Waals surface area contributed by atoms with Crippen LogP contribution in [0.3, 0.4) is 0 Å². The standard InChI is InChI=1S/C27H33ClO8/c1-18(29)32-16-26(36-20(3)31)17-34-24-12-8-22(9-13-24)27(4,5)21-6-10-23(11-7-21)33-15-25(14-28)35-19(2)30/h6-13,25-26H,14-17H2,1-5H3/t25-,26-/m0/s1. The first-order chi connectivity index (χ1) is 17.0. The van der Waals surface area contributed by atoms with Crippen LogP contribution in [-0.4, -0.2) is 55.8 Å². The van der Waals surface area contributed by atoms with E-state index in [9.17, 15) is 14.4 Å². The Labute approximate surface area is 216 Å². The Balaban J connectivity index is 1.99. The fourth-order valence-electron chi connectivity index (χ4n) is 3.39. The quantitative estimate of drug-likeness (QED) is 0.217. The van der Waals surface area contributed by atoms with Gasteiger partial charge in [0.15, 0.2) is 6.10 Å². The molecule has 196 valence electrons. The number of benzene rings is 2. The van der Waals surface area contributed by atoms with Gasteiger partial charge >= 0.3 is 17.9 Å². The highest BCUT2D eigenvalue weighted by Gasteiger charge is 2.23. The van der Waals surface area contributed by atoms with E-state index in [0.717, 1.165) is 11.1 Å². The van der Waals surface area contributed by atoms with Crippen molar-refractivity contribution in [3.63, 3.8) is 0 Å². The van der Waals surface area contributed by atoms with Crippen molar-refractivity contribution in [3.05, 3.63) is 59.7 Å². The van der Waals surface area contributed by atoms with E-state index in [1.54, 1.807) is 0 Å². The molecule has 9 heteroatoms. The molecule has 0 radical (unpaired) electrons. The molecule has 0 spiro atoms. The van der Waals surface area contributed by atoms with E-state index in [-0.39, 0.29) is 31.1 Å². The molecule has 2 atom stereocenters. The summed E-state index contributed by atoms with van der Waals surface area (Å²) in [6.07, 6.45) is -1.20. The Morgan fingerprint density at radius 3 is 1.50 bits per heavy atom. The molecule has 2 rings (SSSR count). The average molecular weight is 521 g/mol. The Kier molecular flexibility index (Phi) is 11.0. The number of ether oxygens (including phenoxy) is 5. The monoisotopic (exact) mass is 520 g/mol. The highest BCUT2D eigenvalue weighted by atomic mass is 35.5. The van der Waals surface area contributed by atoms with Crippen LogP contribution in [-0.2, 0) is 34.0 Å². The summed E-state index contributed by atoms with van der Waals surface area (Å²) in [6.45, 7) is 8.28. The largest absolute Gasteiger partial charge is 0.490 e. The Morgan fingerprint density at radius 2 is 1.11 bits per heavy atom. The Morgan fingerprint density at radius 1 is 0.694 bits per heavy atom. The number of rotatable bonds is 13. The van der Waals surface area contributed by atoms with Gasteiger partial charge in [-0.2, -0.15) is 0 Å². The van der Waals surface area contributed by atoms with Gasteiger partial charge in [-0.15, -0.1) is 11.6 Å². The summed E-state index contributed by atoms with van der Waals surface area (Å²) in [4.78, 5) is 33.5. The van der Waals surface area contributed by atoms with Gasteiger partial charge in [0.05, 0.1) is 5.88 Å². The molecule has 0 aliphatic carbocycles. The Hall–Kier alpha value is -3.26. The molecule has 8 nitrogen and oxygen atoms in total. The van der Waals surface area contributed by atoms with Crippen LogP contribution in [0.1, 0.15) is 45.7 Å². The zero-order valence-electron chi connectivity index (χ0n) is 21.2. The summed E-state index contributed by atoms with van der Waals surface area (Å²) < 4.78 is 26.6. The SMILES string of the molecule is CC(=O)OC[C@@H](COc1ccc(C(C)(C)c2ccc(OC[C@H](CCl)OC(C)=O)cc2)cc1)OC(C)=O. The number of hydrogen-bond donors (Lipinski definition) is 0. The highest BCUT2D eigenvalue weighted by Crippen LogP contribution is 2.33. The van der Waals surface area contributed by atoms with Crippen molar-refractivity contribution in [2.75, 3.05) is 25.7 Å². The predicted molar refractivity (Wildman–Crippen MR) is 134 cm³/mol. The second kappa shape index (κ2) is 13.7. The van der Waals surface area contributed by atoms with Crippen molar-refractivity contribution in [3.8, 4) is 11.5 Å². The third kappa shape index (κ3) is 9.41. The first-order valence-corrected chi connectivity index (χ1v) is 12.0. The normalized spacial score (nSPS) is 12.7. The van der Waals surface area contributed by atoms with Crippen molar-refractivity contribution < 1.29 is 38.1 Å². The summed E-state index contributed by atoms with van der Waals surface area (Å²) >= 11 is 5.82. The van der Waals surface area contributed by atoms with Gasteiger partial charge in [-0.25, -0.2) is 0 Å². The topological polar surface area (TPSA) is 97.4 Å². The van der Waals surface area contributed by atoms with E-state index in [1.807, 2.05) is 48.5 Å². The van der Waals surface area contributed by atoms with Crippen molar-refractivity contribution >= 4 is 29.5 Å². The fraction of sp³-hybridized carbons (Fsp3) is 0.444. The second-order valence-electron chi connectivity index (χ2n) is 8.72.